The molecule has 0 unspecified atom stereocenters. The van der Waals surface area contributed by atoms with E-state index in [1.54, 1.807) is 0 Å². The minimum absolute atomic E-state index is 0.188. The lowest BCUT2D eigenvalue weighted by Gasteiger charge is -2.23. The van der Waals surface area contributed by atoms with Crippen molar-refractivity contribution in [2.24, 2.45) is 9.98 Å². The van der Waals surface area contributed by atoms with Crippen molar-refractivity contribution in [3.63, 3.8) is 0 Å². The molecule has 0 aromatic rings. The molecular formula is C10H19N3O. The maximum absolute atomic E-state index is 8.88. The summed E-state index contributed by atoms with van der Waals surface area (Å²) in [5, 5.41) is 8.88. The van der Waals surface area contributed by atoms with Crippen LogP contribution in [0.2, 0.25) is 0 Å². The lowest BCUT2D eigenvalue weighted by molar-refractivity contribution is 0.336. The van der Waals surface area contributed by atoms with E-state index in [-0.39, 0.29) is 6.61 Å². The van der Waals surface area contributed by atoms with E-state index in [0.29, 0.717) is 11.9 Å². The molecule has 1 N–H and O–H groups in total. The van der Waals surface area contributed by atoms with Crippen LogP contribution in [0.3, 0.4) is 0 Å². The van der Waals surface area contributed by atoms with Crippen molar-refractivity contribution in [1.82, 2.24) is 4.90 Å². The number of hydrogen-bond acceptors (Lipinski definition) is 3. The largest absolute Gasteiger partial charge is 0.388 e. The zero-order valence-electron chi connectivity index (χ0n) is 9.36. The van der Waals surface area contributed by atoms with Crippen LogP contribution in [0.5, 0.6) is 0 Å². The fourth-order valence-corrected chi connectivity index (χ4v) is 0.865. The van der Waals surface area contributed by atoms with Crippen molar-refractivity contribution in [3.05, 3.63) is 11.9 Å². The van der Waals surface area contributed by atoms with E-state index in [1.165, 1.54) is 0 Å². The van der Waals surface area contributed by atoms with Gasteiger partial charge in [0.15, 0.2) is 5.84 Å². The number of aliphatic imine (C=N–C) groups is 2. The molecule has 0 spiro atoms. The van der Waals surface area contributed by atoms with Crippen molar-refractivity contribution in [1.29, 1.82) is 0 Å². The highest BCUT2D eigenvalue weighted by Gasteiger charge is 2.06. The Morgan fingerprint density at radius 3 is 2.43 bits per heavy atom. The van der Waals surface area contributed by atoms with Crippen molar-refractivity contribution in [2.75, 3.05) is 13.7 Å². The van der Waals surface area contributed by atoms with Gasteiger partial charge in [0, 0.05) is 13.1 Å². The molecule has 80 valence electrons. The molecule has 0 amide bonds. The van der Waals surface area contributed by atoms with Crippen LogP contribution in [0.4, 0.5) is 0 Å². The molecule has 4 nitrogen and oxygen atoms in total. The normalized spacial score (nSPS) is 13.3. The monoisotopic (exact) mass is 197 g/mol. The average molecular weight is 197 g/mol. The van der Waals surface area contributed by atoms with E-state index in [9.17, 15) is 0 Å². The summed E-state index contributed by atoms with van der Waals surface area (Å²) in [6, 6.07) is 0.356. The second kappa shape index (κ2) is 6.32. The summed E-state index contributed by atoms with van der Waals surface area (Å²) in [5.74, 6) is 1.13. The highest BCUT2D eigenvalue weighted by molar-refractivity contribution is 5.87. The molecule has 0 aliphatic carbocycles. The third kappa shape index (κ3) is 3.70. The molecule has 14 heavy (non-hydrogen) atoms. The van der Waals surface area contributed by atoms with Crippen LogP contribution in [-0.4, -0.2) is 42.3 Å². The van der Waals surface area contributed by atoms with E-state index in [1.807, 2.05) is 24.9 Å². The van der Waals surface area contributed by atoms with E-state index < -0.39 is 0 Å². The number of rotatable bonds is 4. The second-order valence-corrected chi connectivity index (χ2v) is 3.20. The van der Waals surface area contributed by atoms with Crippen LogP contribution < -0.4 is 0 Å². The van der Waals surface area contributed by atoms with Gasteiger partial charge in [0.25, 0.3) is 0 Å². The highest BCUT2D eigenvalue weighted by atomic mass is 16.3. The molecule has 0 radical (unpaired) electrons. The van der Waals surface area contributed by atoms with Crippen molar-refractivity contribution >= 4 is 12.6 Å². The van der Waals surface area contributed by atoms with E-state index in [4.69, 9.17) is 5.11 Å². The van der Waals surface area contributed by atoms with Crippen molar-refractivity contribution in [3.8, 4) is 0 Å². The van der Waals surface area contributed by atoms with Gasteiger partial charge < -0.3 is 10.0 Å². The molecule has 0 aliphatic rings. The van der Waals surface area contributed by atoms with Gasteiger partial charge in [-0.25, -0.2) is 9.98 Å². The first kappa shape index (κ1) is 12.8. The van der Waals surface area contributed by atoms with E-state index >= 15 is 0 Å². The maximum Gasteiger partial charge on any atom is 0.155 e. The Labute approximate surface area is 85.7 Å². The first-order chi connectivity index (χ1) is 6.56. The predicted octanol–water partition coefficient (Wildman–Crippen LogP) is 1.28. The predicted molar refractivity (Wildman–Crippen MR) is 60.7 cm³/mol. The zero-order chi connectivity index (χ0) is 11.1. The molecule has 0 saturated carbocycles. The first-order valence-corrected chi connectivity index (χ1v) is 4.61. The number of aliphatic hydroxyl groups is 1. The molecule has 0 atom stereocenters. The van der Waals surface area contributed by atoms with Crippen LogP contribution in [0.25, 0.3) is 0 Å². The molecular weight excluding hydrogens is 178 g/mol. The Hall–Kier alpha value is -1.16. The minimum atomic E-state index is -0.188. The third-order valence-corrected chi connectivity index (χ3v) is 1.96. The molecule has 4 heteroatoms. The van der Waals surface area contributed by atoms with Crippen LogP contribution in [-0.2, 0) is 0 Å². The Kier molecular flexibility index (Phi) is 5.79. The fraction of sp³-hybridized carbons (Fsp3) is 0.600. The molecule has 0 aromatic heterocycles. The SMILES string of the molecule is C=N/C(CO)=N\C(=C/C)N(C)C(C)C. The number of nitrogens with zero attached hydrogens (tertiary/aromatic N) is 3. The Bertz CT molecular complexity index is 244. The van der Waals surface area contributed by atoms with Gasteiger partial charge in [0.1, 0.15) is 12.4 Å². The lowest BCUT2D eigenvalue weighted by atomic mass is 10.3. The summed E-state index contributed by atoms with van der Waals surface area (Å²) in [6.07, 6.45) is 1.88. The fourth-order valence-electron chi connectivity index (χ4n) is 0.865. The van der Waals surface area contributed by atoms with Gasteiger partial charge in [0.2, 0.25) is 0 Å². The maximum atomic E-state index is 8.88. The highest BCUT2D eigenvalue weighted by Crippen LogP contribution is 2.08. The molecule has 0 aliphatic heterocycles. The smallest absolute Gasteiger partial charge is 0.155 e. The number of hydrogen-bond donors (Lipinski definition) is 1. The van der Waals surface area contributed by atoms with Crippen LogP contribution >= 0.6 is 0 Å². The van der Waals surface area contributed by atoms with Gasteiger partial charge in [-0.05, 0) is 33.6 Å². The second-order valence-electron chi connectivity index (χ2n) is 3.20. The van der Waals surface area contributed by atoms with Gasteiger partial charge in [-0.3, -0.25) is 0 Å². The first-order valence-electron chi connectivity index (χ1n) is 4.61. The number of aliphatic hydroxyl groups excluding tert-OH is 1. The van der Waals surface area contributed by atoms with Crippen molar-refractivity contribution in [2.45, 2.75) is 26.8 Å². The quantitative estimate of drug-likeness (QED) is 0.545. The van der Waals surface area contributed by atoms with Crippen LogP contribution in [0.1, 0.15) is 20.8 Å². The summed E-state index contributed by atoms with van der Waals surface area (Å²) in [7, 11) is 1.95. The molecule has 0 aromatic carbocycles. The zero-order valence-corrected chi connectivity index (χ0v) is 9.36. The Morgan fingerprint density at radius 2 is 2.14 bits per heavy atom. The van der Waals surface area contributed by atoms with Crippen LogP contribution in [0.15, 0.2) is 21.9 Å². The summed E-state index contributed by atoms with van der Waals surface area (Å²) in [5.41, 5.74) is 0. The summed E-state index contributed by atoms with van der Waals surface area (Å²) < 4.78 is 0. The topological polar surface area (TPSA) is 48.2 Å². The van der Waals surface area contributed by atoms with Crippen LogP contribution in [0, 0.1) is 0 Å². The summed E-state index contributed by atoms with van der Waals surface area (Å²) in [4.78, 5) is 9.80. The summed E-state index contributed by atoms with van der Waals surface area (Å²) in [6.45, 7) is 9.18. The van der Waals surface area contributed by atoms with Crippen molar-refractivity contribution < 1.29 is 5.11 Å². The molecule has 0 saturated heterocycles. The average Bonchev–Trinajstić information content (AvgIpc) is 2.19. The van der Waals surface area contributed by atoms with Gasteiger partial charge in [-0.2, -0.15) is 0 Å². The molecule has 0 rings (SSSR count). The van der Waals surface area contributed by atoms with Gasteiger partial charge in [-0.1, -0.05) is 0 Å². The Balaban J connectivity index is 4.75. The molecule has 0 fully saturated rings. The van der Waals surface area contributed by atoms with Gasteiger partial charge in [0.05, 0.1) is 0 Å². The number of allylic oxidation sites excluding steroid dienone is 1. The number of amidine groups is 1. The summed E-state index contributed by atoms with van der Waals surface area (Å²) >= 11 is 0. The van der Waals surface area contributed by atoms with Gasteiger partial charge in [-0.15, -0.1) is 0 Å². The molecule has 0 bridgehead atoms. The van der Waals surface area contributed by atoms with E-state index in [2.05, 4.69) is 30.5 Å². The van der Waals surface area contributed by atoms with Gasteiger partial charge >= 0.3 is 0 Å². The minimum Gasteiger partial charge on any atom is -0.388 e. The lowest BCUT2D eigenvalue weighted by Crippen LogP contribution is -2.25. The molecule has 0 heterocycles. The van der Waals surface area contributed by atoms with E-state index in [0.717, 1.165) is 5.82 Å². The Morgan fingerprint density at radius 1 is 1.57 bits per heavy atom. The standard InChI is InChI=1S/C10H19N3O/c1-6-10(13(5)8(2)3)12-9(7-14)11-4/h6,8,14H,4,7H2,1-3,5H3/b10-6+,12-9-. The third-order valence-electron chi connectivity index (χ3n) is 1.96.